The molecule has 0 bridgehead atoms. The van der Waals surface area contributed by atoms with Crippen molar-refractivity contribution in [3.63, 3.8) is 0 Å². The second kappa shape index (κ2) is 1.45. The van der Waals surface area contributed by atoms with E-state index >= 15 is 0 Å². The van der Waals surface area contributed by atoms with Gasteiger partial charge in [0.2, 0.25) is 0 Å². The molecule has 0 aromatic heterocycles. The van der Waals surface area contributed by atoms with Gasteiger partial charge in [0, 0.05) is 18.9 Å². The minimum Gasteiger partial charge on any atom is -0.316 e. The van der Waals surface area contributed by atoms with Crippen LogP contribution in [0.25, 0.3) is 0 Å². The molecule has 1 aliphatic heterocycles. The van der Waals surface area contributed by atoms with Crippen LogP contribution >= 0.6 is 0 Å². The number of alkyl halides is 2. The first kappa shape index (κ1) is 5.59. The van der Waals surface area contributed by atoms with Gasteiger partial charge in [0.25, 0.3) is 5.92 Å². The van der Waals surface area contributed by atoms with Crippen molar-refractivity contribution in [2.45, 2.75) is 12.3 Å². The molecule has 2 aliphatic rings. The van der Waals surface area contributed by atoms with Crippen LogP contribution in [0, 0.1) is 11.8 Å². The third-order valence-corrected chi connectivity index (χ3v) is 2.42. The van der Waals surface area contributed by atoms with Gasteiger partial charge < -0.3 is 5.32 Å². The Labute approximate surface area is 52.4 Å². The Morgan fingerprint density at radius 2 is 2.11 bits per heavy atom. The van der Waals surface area contributed by atoms with Crippen LogP contribution in [0.2, 0.25) is 0 Å². The molecule has 0 aromatic carbocycles. The average molecular weight is 133 g/mol. The van der Waals surface area contributed by atoms with Gasteiger partial charge in [0.1, 0.15) is 0 Å². The molecule has 1 saturated heterocycles. The highest BCUT2D eigenvalue weighted by Gasteiger charge is 2.57. The van der Waals surface area contributed by atoms with Crippen molar-refractivity contribution in [2.75, 3.05) is 13.1 Å². The van der Waals surface area contributed by atoms with E-state index < -0.39 is 5.92 Å². The molecule has 2 atom stereocenters. The van der Waals surface area contributed by atoms with Crippen LogP contribution in [0.1, 0.15) is 6.42 Å². The van der Waals surface area contributed by atoms with Gasteiger partial charge in [-0.2, -0.15) is 0 Å². The van der Waals surface area contributed by atoms with Gasteiger partial charge in [0.15, 0.2) is 0 Å². The lowest BCUT2D eigenvalue weighted by Crippen LogP contribution is -2.46. The lowest BCUT2D eigenvalue weighted by molar-refractivity contribution is -0.152. The fourth-order valence-corrected chi connectivity index (χ4v) is 1.78. The van der Waals surface area contributed by atoms with Crippen molar-refractivity contribution in [2.24, 2.45) is 11.8 Å². The number of fused-ring (bicyclic) bond motifs is 1. The summed E-state index contributed by atoms with van der Waals surface area (Å²) in [5, 5.41) is 2.96. The number of rotatable bonds is 0. The zero-order chi connectivity index (χ0) is 6.48. The van der Waals surface area contributed by atoms with Crippen LogP contribution < -0.4 is 5.32 Å². The molecule has 0 amide bonds. The van der Waals surface area contributed by atoms with E-state index in [4.69, 9.17) is 0 Å². The fraction of sp³-hybridized carbons (Fsp3) is 1.00. The molecule has 2 fully saturated rings. The van der Waals surface area contributed by atoms with E-state index in [1.54, 1.807) is 0 Å². The van der Waals surface area contributed by atoms with E-state index in [0.717, 1.165) is 6.54 Å². The monoisotopic (exact) mass is 133 g/mol. The Bertz CT molecular complexity index is 135. The summed E-state index contributed by atoms with van der Waals surface area (Å²) in [6.45, 7) is 1.33. The zero-order valence-corrected chi connectivity index (χ0v) is 5.03. The van der Waals surface area contributed by atoms with E-state index in [9.17, 15) is 8.78 Å². The minimum atomic E-state index is -2.34. The van der Waals surface area contributed by atoms with Crippen LogP contribution in [-0.2, 0) is 0 Å². The van der Waals surface area contributed by atoms with Crippen molar-refractivity contribution in [3.8, 4) is 0 Å². The number of halogens is 2. The Morgan fingerprint density at radius 3 is 2.56 bits per heavy atom. The molecular formula is C6H9F2N. The summed E-state index contributed by atoms with van der Waals surface area (Å²) < 4.78 is 24.9. The highest BCUT2D eigenvalue weighted by Crippen LogP contribution is 2.49. The molecule has 0 spiro atoms. The molecule has 1 nitrogen and oxygen atoms in total. The van der Waals surface area contributed by atoms with Crippen LogP contribution in [0.15, 0.2) is 0 Å². The first-order chi connectivity index (χ1) is 4.20. The van der Waals surface area contributed by atoms with Crippen LogP contribution in [-0.4, -0.2) is 19.0 Å². The van der Waals surface area contributed by atoms with Gasteiger partial charge in [-0.3, -0.25) is 0 Å². The third-order valence-electron chi connectivity index (χ3n) is 2.42. The number of hydrogen-bond donors (Lipinski definition) is 1. The molecule has 52 valence electrons. The van der Waals surface area contributed by atoms with Gasteiger partial charge in [-0.15, -0.1) is 0 Å². The Morgan fingerprint density at radius 1 is 1.33 bits per heavy atom. The highest BCUT2D eigenvalue weighted by molar-refractivity contribution is 5.01. The SMILES string of the molecule is FC1(F)C[C@@H]2CNC[C@H]21. The summed E-state index contributed by atoms with van der Waals surface area (Å²) in [4.78, 5) is 0. The van der Waals surface area contributed by atoms with E-state index in [1.165, 1.54) is 0 Å². The van der Waals surface area contributed by atoms with E-state index in [2.05, 4.69) is 5.32 Å². The standard InChI is InChI=1S/C6H9F2N/c7-6(8)1-4-2-9-3-5(4)6/h4-5,9H,1-3H2/t4-,5-/m1/s1. The smallest absolute Gasteiger partial charge is 0.252 e. The molecule has 1 saturated carbocycles. The van der Waals surface area contributed by atoms with Crippen molar-refractivity contribution in [1.29, 1.82) is 0 Å². The third kappa shape index (κ3) is 0.611. The maximum Gasteiger partial charge on any atom is 0.252 e. The predicted molar refractivity (Wildman–Crippen MR) is 29.4 cm³/mol. The Hall–Kier alpha value is -0.180. The Balaban J connectivity index is 2.09. The fourth-order valence-electron chi connectivity index (χ4n) is 1.78. The first-order valence-electron chi connectivity index (χ1n) is 3.29. The van der Waals surface area contributed by atoms with Crippen molar-refractivity contribution in [3.05, 3.63) is 0 Å². The summed E-state index contributed by atoms with van der Waals surface area (Å²) in [6.07, 6.45) is 0.116. The summed E-state index contributed by atoms with van der Waals surface area (Å²) in [5.41, 5.74) is 0. The van der Waals surface area contributed by atoms with Crippen molar-refractivity contribution >= 4 is 0 Å². The second-order valence-electron chi connectivity index (χ2n) is 2.99. The van der Waals surface area contributed by atoms with Gasteiger partial charge in [0.05, 0.1) is 0 Å². The molecule has 9 heavy (non-hydrogen) atoms. The first-order valence-corrected chi connectivity index (χ1v) is 3.29. The Kier molecular flexibility index (Phi) is 0.903. The highest BCUT2D eigenvalue weighted by atomic mass is 19.3. The molecule has 0 radical (unpaired) electrons. The molecule has 0 unspecified atom stereocenters. The largest absolute Gasteiger partial charge is 0.316 e. The zero-order valence-electron chi connectivity index (χ0n) is 5.03. The topological polar surface area (TPSA) is 12.0 Å². The molecular weight excluding hydrogens is 124 g/mol. The van der Waals surface area contributed by atoms with Crippen LogP contribution in [0.4, 0.5) is 8.78 Å². The molecule has 2 rings (SSSR count). The van der Waals surface area contributed by atoms with Crippen LogP contribution in [0.3, 0.4) is 0 Å². The maximum atomic E-state index is 12.5. The van der Waals surface area contributed by atoms with Gasteiger partial charge in [-0.1, -0.05) is 0 Å². The number of hydrogen-bond acceptors (Lipinski definition) is 1. The molecule has 1 N–H and O–H groups in total. The van der Waals surface area contributed by atoms with E-state index in [1.807, 2.05) is 0 Å². The lowest BCUT2D eigenvalue weighted by Gasteiger charge is -2.38. The van der Waals surface area contributed by atoms with E-state index in [0.29, 0.717) is 6.54 Å². The van der Waals surface area contributed by atoms with Crippen LogP contribution in [0.5, 0.6) is 0 Å². The summed E-state index contributed by atoms with van der Waals surface area (Å²) >= 11 is 0. The molecule has 1 aliphatic carbocycles. The molecule has 0 aromatic rings. The normalized spacial score (nSPS) is 46.0. The van der Waals surface area contributed by atoms with Crippen molar-refractivity contribution < 1.29 is 8.78 Å². The van der Waals surface area contributed by atoms with Gasteiger partial charge in [-0.25, -0.2) is 8.78 Å². The number of nitrogens with one attached hydrogen (secondary N) is 1. The summed E-state index contributed by atoms with van der Waals surface area (Å²) in [6, 6.07) is 0. The average Bonchev–Trinajstić information content (AvgIpc) is 2.10. The predicted octanol–water partition coefficient (Wildman–Crippen LogP) is 0.861. The second-order valence-corrected chi connectivity index (χ2v) is 2.99. The molecule has 3 heteroatoms. The lowest BCUT2D eigenvalue weighted by atomic mass is 9.72. The summed E-state index contributed by atoms with van der Waals surface area (Å²) in [7, 11) is 0. The van der Waals surface area contributed by atoms with E-state index in [-0.39, 0.29) is 18.3 Å². The minimum absolute atomic E-state index is 0.116. The quantitative estimate of drug-likeness (QED) is 0.516. The van der Waals surface area contributed by atoms with Gasteiger partial charge >= 0.3 is 0 Å². The summed E-state index contributed by atoms with van der Waals surface area (Å²) in [5.74, 6) is -2.40. The van der Waals surface area contributed by atoms with Gasteiger partial charge in [-0.05, 0) is 12.5 Å². The molecule has 1 heterocycles. The maximum absolute atomic E-state index is 12.5. The van der Waals surface area contributed by atoms with Crippen molar-refractivity contribution in [1.82, 2.24) is 5.32 Å².